The first-order valence-electron chi connectivity index (χ1n) is 10.7. The Kier molecular flexibility index (Phi) is 4.98. The maximum absolute atomic E-state index is 11.5. The van der Waals surface area contributed by atoms with Gasteiger partial charge in [0.05, 0.1) is 11.9 Å². The molecule has 1 saturated carbocycles. The van der Waals surface area contributed by atoms with E-state index in [0.29, 0.717) is 12.0 Å². The number of aromatic nitrogens is 4. The van der Waals surface area contributed by atoms with Crippen molar-refractivity contribution in [1.82, 2.24) is 24.4 Å². The third-order valence-corrected chi connectivity index (χ3v) is 6.25. The van der Waals surface area contributed by atoms with E-state index in [4.69, 9.17) is 4.98 Å². The molecule has 8 nitrogen and oxygen atoms in total. The van der Waals surface area contributed by atoms with Gasteiger partial charge in [0.2, 0.25) is 11.9 Å². The molecule has 0 atom stereocenters. The minimum absolute atomic E-state index is 0.142. The Morgan fingerprint density at radius 1 is 1.03 bits per heavy atom. The zero-order chi connectivity index (χ0) is 20.5. The first-order chi connectivity index (χ1) is 14.7. The molecule has 5 rings (SSSR count). The number of anilines is 3. The lowest BCUT2D eigenvalue weighted by atomic mass is 10.2. The summed E-state index contributed by atoms with van der Waals surface area (Å²) in [5, 5.41) is 4.31. The van der Waals surface area contributed by atoms with Crippen LogP contribution in [0.15, 0.2) is 36.8 Å². The normalized spacial score (nSPS) is 17.6. The zero-order valence-electron chi connectivity index (χ0n) is 17.3. The molecule has 0 spiro atoms. The Bertz CT molecular complexity index is 1030. The van der Waals surface area contributed by atoms with Gasteiger partial charge in [0.15, 0.2) is 0 Å². The van der Waals surface area contributed by atoms with E-state index in [2.05, 4.69) is 43.1 Å². The molecule has 0 radical (unpaired) electrons. The summed E-state index contributed by atoms with van der Waals surface area (Å²) in [6.07, 6.45) is 10.9. The molecule has 1 aliphatic carbocycles. The van der Waals surface area contributed by atoms with E-state index < -0.39 is 0 Å². The van der Waals surface area contributed by atoms with Crippen molar-refractivity contribution in [2.24, 2.45) is 0 Å². The van der Waals surface area contributed by atoms with E-state index in [1.165, 1.54) is 25.7 Å². The lowest BCUT2D eigenvalue weighted by Gasteiger charge is -2.35. The van der Waals surface area contributed by atoms with Crippen LogP contribution in [0, 0.1) is 0 Å². The third-order valence-electron chi connectivity index (χ3n) is 6.25. The predicted molar refractivity (Wildman–Crippen MR) is 117 cm³/mol. The Balaban J connectivity index is 1.28. The van der Waals surface area contributed by atoms with Crippen LogP contribution < -0.4 is 10.2 Å². The number of hydrogen-bond acceptors (Lipinski definition) is 6. The van der Waals surface area contributed by atoms with Crippen LogP contribution in [-0.4, -0.2) is 56.5 Å². The first-order valence-corrected chi connectivity index (χ1v) is 10.7. The van der Waals surface area contributed by atoms with Gasteiger partial charge in [-0.15, -0.1) is 0 Å². The van der Waals surface area contributed by atoms with Crippen LogP contribution in [0.25, 0.3) is 11.0 Å². The van der Waals surface area contributed by atoms with Crippen molar-refractivity contribution >= 4 is 34.4 Å². The third kappa shape index (κ3) is 3.69. The average Bonchev–Trinajstić information content (AvgIpc) is 3.44. The van der Waals surface area contributed by atoms with Gasteiger partial charge in [-0.05, 0) is 31.0 Å². The van der Waals surface area contributed by atoms with Crippen molar-refractivity contribution in [3.63, 3.8) is 0 Å². The Labute approximate surface area is 175 Å². The van der Waals surface area contributed by atoms with E-state index in [9.17, 15) is 4.79 Å². The van der Waals surface area contributed by atoms with Gasteiger partial charge >= 0.3 is 0 Å². The molecule has 0 bridgehead atoms. The molecule has 1 saturated heterocycles. The number of carbonyl (C=O) groups is 1. The minimum Gasteiger partial charge on any atom is -0.367 e. The van der Waals surface area contributed by atoms with Crippen LogP contribution in [0.2, 0.25) is 0 Å². The molecule has 0 aromatic carbocycles. The average molecular weight is 406 g/mol. The van der Waals surface area contributed by atoms with Crippen LogP contribution in [0.1, 0.15) is 38.6 Å². The second-order valence-corrected chi connectivity index (χ2v) is 8.15. The number of pyridine rings is 1. The predicted octanol–water partition coefficient (Wildman–Crippen LogP) is 3.35. The molecule has 8 heteroatoms. The number of carbonyl (C=O) groups excluding carboxylic acids is 1. The van der Waals surface area contributed by atoms with E-state index in [-0.39, 0.29) is 5.91 Å². The molecule has 3 aromatic heterocycles. The number of nitrogens with one attached hydrogen (secondary N) is 1. The lowest BCUT2D eigenvalue weighted by Crippen LogP contribution is -2.48. The summed E-state index contributed by atoms with van der Waals surface area (Å²) < 4.78 is 2.30. The van der Waals surface area contributed by atoms with Crippen molar-refractivity contribution in [2.75, 3.05) is 36.4 Å². The van der Waals surface area contributed by atoms with Crippen LogP contribution >= 0.6 is 0 Å². The lowest BCUT2D eigenvalue weighted by molar-refractivity contribution is -0.129. The van der Waals surface area contributed by atoms with Gasteiger partial charge in [0.1, 0.15) is 11.5 Å². The standard InChI is InChI=1S/C22H27N7O/c1-16(30)27-10-12-28(13-11-27)19-6-7-20(23-15-19)25-22-24-14-17-8-9-29(21(17)26-22)18-4-2-3-5-18/h6-9,14-15,18H,2-5,10-13H2,1H3,(H,23,24,25,26). The second kappa shape index (κ2) is 7.93. The molecule has 3 aromatic rings. The quantitative estimate of drug-likeness (QED) is 0.717. The highest BCUT2D eigenvalue weighted by atomic mass is 16.2. The van der Waals surface area contributed by atoms with E-state index in [1.807, 2.05) is 23.4 Å². The first kappa shape index (κ1) is 18.8. The molecule has 1 aliphatic heterocycles. The minimum atomic E-state index is 0.142. The summed E-state index contributed by atoms with van der Waals surface area (Å²) in [6.45, 7) is 4.79. The van der Waals surface area contributed by atoms with E-state index in [0.717, 1.165) is 48.7 Å². The zero-order valence-corrected chi connectivity index (χ0v) is 17.3. The molecule has 1 amide bonds. The largest absolute Gasteiger partial charge is 0.367 e. The SMILES string of the molecule is CC(=O)N1CCN(c2ccc(Nc3ncc4ccn(C5CCCC5)c4n3)nc2)CC1. The molecule has 156 valence electrons. The van der Waals surface area contributed by atoms with Gasteiger partial charge in [-0.25, -0.2) is 9.97 Å². The molecular formula is C22H27N7O. The number of amides is 1. The second-order valence-electron chi connectivity index (χ2n) is 8.15. The molecule has 1 N–H and O–H groups in total. The van der Waals surface area contributed by atoms with Crippen molar-refractivity contribution in [3.8, 4) is 0 Å². The molecular weight excluding hydrogens is 378 g/mol. The molecule has 30 heavy (non-hydrogen) atoms. The van der Waals surface area contributed by atoms with Gasteiger partial charge < -0.3 is 19.7 Å². The van der Waals surface area contributed by atoms with Crippen molar-refractivity contribution in [3.05, 3.63) is 36.8 Å². The number of rotatable bonds is 4. The van der Waals surface area contributed by atoms with Gasteiger partial charge in [0.25, 0.3) is 0 Å². The molecule has 2 aliphatic rings. The summed E-state index contributed by atoms with van der Waals surface area (Å²) >= 11 is 0. The Morgan fingerprint density at radius 3 is 2.53 bits per heavy atom. The Hall–Kier alpha value is -3.16. The van der Waals surface area contributed by atoms with Gasteiger partial charge in [-0.1, -0.05) is 12.8 Å². The van der Waals surface area contributed by atoms with Crippen LogP contribution in [0.4, 0.5) is 17.5 Å². The van der Waals surface area contributed by atoms with Crippen LogP contribution in [0.3, 0.4) is 0 Å². The van der Waals surface area contributed by atoms with Crippen LogP contribution in [-0.2, 0) is 4.79 Å². The van der Waals surface area contributed by atoms with Crippen molar-refractivity contribution in [1.29, 1.82) is 0 Å². The fourth-order valence-corrected chi connectivity index (χ4v) is 4.52. The van der Waals surface area contributed by atoms with E-state index in [1.54, 1.807) is 6.92 Å². The van der Waals surface area contributed by atoms with Gasteiger partial charge in [-0.3, -0.25) is 4.79 Å². The van der Waals surface area contributed by atoms with Crippen LogP contribution in [0.5, 0.6) is 0 Å². The van der Waals surface area contributed by atoms with Gasteiger partial charge in [-0.2, -0.15) is 4.98 Å². The summed E-state index contributed by atoms with van der Waals surface area (Å²) in [5.74, 6) is 1.43. The monoisotopic (exact) mass is 405 g/mol. The summed E-state index contributed by atoms with van der Waals surface area (Å²) in [6, 6.07) is 6.65. The number of fused-ring (bicyclic) bond motifs is 1. The Morgan fingerprint density at radius 2 is 1.83 bits per heavy atom. The fourth-order valence-electron chi connectivity index (χ4n) is 4.52. The topological polar surface area (TPSA) is 79.2 Å². The summed E-state index contributed by atoms with van der Waals surface area (Å²) in [7, 11) is 0. The maximum atomic E-state index is 11.5. The molecule has 4 heterocycles. The number of piperazine rings is 1. The number of nitrogens with zero attached hydrogens (tertiary/aromatic N) is 6. The highest BCUT2D eigenvalue weighted by molar-refractivity contribution is 5.77. The highest BCUT2D eigenvalue weighted by Gasteiger charge is 2.20. The summed E-state index contributed by atoms with van der Waals surface area (Å²) in [5.41, 5.74) is 2.05. The molecule has 0 unspecified atom stereocenters. The highest BCUT2D eigenvalue weighted by Crippen LogP contribution is 2.32. The maximum Gasteiger partial charge on any atom is 0.230 e. The smallest absolute Gasteiger partial charge is 0.230 e. The fraction of sp³-hybridized carbons (Fsp3) is 0.455. The molecule has 2 fully saturated rings. The van der Waals surface area contributed by atoms with Crippen molar-refractivity contribution < 1.29 is 4.79 Å². The van der Waals surface area contributed by atoms with E-state index >= 15 is 0 Å². The van der Waals surface area contributed by atoms with Crippen molar-refractivity contribution in [2.45, 2.75) is 38.6 Å². The van der Waals surface area contributed by atoms with Gasteiger partial charge in [0, 0.05) is 56.9 Å². The number of hydrogen-bond donors (Lipinski definition) is 1. The summed E-state index contributed by atoms with van der Waals surface area (Å²) in [4.78, 5) is 29.4.